The summed E-state index contributed by atoms with van der Waals surface area (Å²) in [6.07, 6.45) is 0. The maximum absolute atomic E-state index is 12.6. The van der Waals surface area contributed by atoms with Gasteiger partial charge in [0.25, 0.3) is 9.84 Å². The first-order valence-corrected chi connectivity index (χ1v) is 7.50. The number of nitrogens with one attached hydrogen (secondary N) is 1. The highest BCUT2D eigenvalue weighted by Crippen LogP contribution is 2.34. The molecular formula is C12H16F3NO4S. The third-order valence-electron chi connectivity index (χ3n) is 2.47. The van der Waals surface area contributed by atoms with Crippen LogP contribution in [0.2, 0.25) is 0 Å². The number of hydrogen-bond acceptors (Lipinski definition) is 5. The van der Waals surface area contributed by atoms with Crippen LogP contribution in [0.1, 0.15) is 0 Å². The fourth-order valence-corrected chi connectivity index (χ4v) is 2.41. The third kappa shape index (κ3) is 4.87. The molecule has 0 unspecified atom stereocenters. The van der Waals surface area contributed by atoms with Crippen molar-refractivity contribution in [2.24, 2.45) is 0 Å². The second kappa shape index (κ2) is 7.62. The maximum Gasteiger partial charge on any atom is 0.501 e. The van der Waals surface area contributed by atoms with E-state index in [1.807, 2.05) is 0 Å². The summed E-state index contributed by atoms with van der Waals surface area (Å²) >= 11 is 0. The number of methoxy groups -OCH3 is 1. The standard InChI is InChI=1S/C12H16F3NO4S/c1-19-8-9-20-7-6-16-10-4-2-3-5-11(10)21(17,18)12(13,14)15/h2-5,16H,6-9H2,1H3. The molecule has 0 radical (unpaired) electrons. The van der Waals surface area contributed by atoms with E-state index in [2.05, 4.69) is 5.32 Å². The molecule has 0 heterocycles. The smallest absolute Gasteiger partial charge is 0.382 e. The van der Waals surface area contributed by atoms with Crippen molar-refractivity contribution in [3.8, 4) is 0 Å². The van der Waals surface area contributed by atoms with Gasteiger partial charge in [-0.15, -0.1) is 0 Å². The molecule has 0 aliphatic carbocycles. The van der Waals surface area contributed by atoms with E-state index in [9.17, 15) is 21.6 Å². The molecule has 21 heavy (non-hydrogen) atoms. The second-order valence-corrected chi connectivity index (χ2v) is 5.89. The van der Waals surface area contributed by atoms with E-state index >= 15 is 0 Å². The van der Waals surface area contributed by atoms with Gasteiger partial charge in [-0.2, -0.15) is 13.2 Å². The summed E-state index contributed by atoms with van der Waals surface area (Å²) in [6.45, 7) is 1.14. The Morgan fingerprint density at radius 2 is 1.81 bits per heavy atom. The minimum atomic E-state index is -5.38. The first kappa shape index (κ1) is 17.7. The van der Waals surface area contributed by atoms with E-state index < -0.39 is 20.2 Å². The molecule has 120 valence electrons. The van der Waals surface area contributed by atoms with Crippen molar-refractivity contribution in [3.63, 3.8) is 0 Å². The molecule has 1 N–H and O–H groups in total. The summed E-state index contributed by atoms with van der Waals surface area (Å²) in [5.74, 6) is 0. The Hall–Kier alpha value is -1.32. The van der Waals surface area contributed by atoms with E-state index in [1.54, 1.807) is 0 Å². The fraction of sp³-hybridized carbons (Fsp3) is 0.500. The summed E-state index contributed by atoms with van der Waals surface area (Å²) in [7, 11) is -3.87. The molecule has 0 saturated heterocycles. The molecule has 0 fully saturated rings. The van der Waals surface area contributed by atoms with Crippen LogP contribution in [0.15, 0.2) is 29.2 Å². The van der Waals surface area contributed by atoms with Crippen molar-refractivity contribution in [2.75, 3.05) is 38.8 Å². The Kier molecular flexibility index (Phi) is 6.43. The molecular weight excluding hydrogens is 311 g/mol. The van der Waals surface area contributed by atoms with Crippen molar-refractivity contribution in [1.29, 1.82) is 0 Å². The average Bonchev–Trinajstić information content (AvgIpc) is 2.42. The van der Waals surface area contributed by atoms with Gasteiger partial charge in [-0.1, -0.05) is 12.1 Å². The number of hydrogen-bond donors (Lipinski definition) is 1. The number of sulfone groups is 1. The quantitative estimate of drug-likeness (QED) is 0.741. The van der Waals surface area contributed by atoms with Gasteiger partial charge >= 0.3 is 5.51 Å². The number of benzene rings is 1. The highest BCUT2D eigenvalue weighted by molar-refractivity contribution is 7.92. The van der Waals surface area contributed by atoms with Crippen LogP contribution in [0.25, 0.3) is 0 Å². The topological polar surface area (TPSA) is 64.6 Å². The summed E-state index contributed by atoms with van der Waals surface area (Å²) in [4.78, 5) is -0.797. The number of halogens is 3. The van der Waals surface area contributed by atoms with Gasteiger partial charge in [0.1, 0.15) is 0 Å². The lowest BCUT2D eigenvalue weighted by Crippen LogP contribution is -2.24. The van der Waals surface area contributed by atoms with Gasteiger partial charge < -0.3 is 14.8 Å². The van der Waals surface area contributed by atoms with Crippen LogP contribution in [0.4, 0.5) is 18.9 Å². The first-order valence-electron chi connectivity index (χ1n) is 6.01. The number of alkyl halides is 3. The van der Waals surface area contributed by atoms with Gasteiger partial charge in [0.05, 0.1) is 30.4 Å². The van der Waals surface area contributed by atoms with Crippen LogP contribution >= 0.6 is 0 Å². The largest absolute Gasteiger partial charge is 0.501 e. The van der Waals surface area contributed by atoms with Gasteiger partial charge in [-0.05, 0) is 12.1 Å². The zero-order valence-electron chi connectivity index (χ0n) is 11.3. The summed E-state index contributed by atoms with van der Waals surface area (Å²) < 4.78 is 70.5. The predicted molar refractivity (Wildman–Crippen MR) is 70.9 cm³/mol. The second-order valence-electron chi connectivity index (χ2n) is 3.98. The summed E-state index contributed by atoms with van der Waals surface area (Å²) in [5, 5.41) is 2.62. The minimum Gasteiger partial charge on any atom is -0.382 e. The predicted octanol–water partition coefficient (Wildman–Crippen LogP) is 2.06. The Morgan fingerprint density at radius 1 is 1.14 bits per heavy atom. The van der Waals surface area contributed by atoms with E-state index in [0.29, 0.717) is 13.2 Å². The molecule has 1 aromatic rings. The fourth-order valence-electron chi connectivity index (χ4n) is 1.47. The molecule has 0 spiro atoms. The van der Waals surface area contributed by atoms with Gasteiger partial charge in [-0.3, -0.25) is 0 Å². The number of para-hydroxylation sites is 1. The third-order valence-corrected chi connectivity index (χ3v) is 4.02. The van der Waals surface area contributed by atoms with Crippen LogP contribution in [-0.4, -0.2) is 47.4 Å². The van der Waals surface area contributed by atoms with Crippen LogP contribution in [-0.2, 0) is 19.3 Å². The molecule has 0 aromatic heterocycles. The van der Waals surface area contributed by atoms with E-state index in [0.717, 1.165) is 6.07 Å². The molecule has 0 amide bonds. The Morgan fingerprint density at radius 3 is 2.43 bits per heavy atom. The minimum absolute atomic E-state index is 0.106. The Bertz CT molecular complexity index is 546. The van der Waals surface area contributed by atoms with Crippen molar-refractivity contribution in [1.82, 2.24) is 0 Å². The van der Waals surface area contributed by atoms with E-state index in [4.69, 9.17) is 9.47 Å². The van der Waals surface area contributed by atoms with Crippen molar-refractivity contribution in [3.05, 3.63) is 24.3 Å². The molecule has 0 atom stereocenters. The molecule has 0 saturated carbocycles. The summed E-state index contributed by atoms with van der Waals surface area (Å²) in [6, 6.07) is 4.87. The zero-order chi connectivity index (χ0) is 15.9. The van der Waals surface area contributed by atoms with Crippen LogP contribution in [0, 0.1) is 0 Å². The average molecular weight is 327 g/mol. The number of ether oxygens (including phenoxy) is 2. The Labute approximate surface area is 121 Å². The molecule has 9 heteroatoms. The molecule has 1 rings (SSSR count). The first-order chi connectivity index (χ1) is 9.80. The monoisotopic (exact) mass is 327 g/mol. The zero-order valence-corrected chi connectivity index (χ0v) is 12.1. The number of anilines is 1. The van der Waals surface area contributed by atoms with E-state index in [-0.39, 0.29) is 18.8 Å². The van der Waals surface area contributed by atoms with Gasteiger partial charge in [0.2, 0.25) is 0 Å². The lowest BCUT2D eigenvalue weighted by molar-refractivity contribution is -0.0435. The van der Waals surface area contributed by atoms with Crippen molar-refractivity contribution in [2.45, 2.75) is 10.4 Å². The van der Waals surface area contributed by atoms with Crippen molar-refractivity contribution < 1.29 is 31.1 Å². The number of rotatable bonds is 8. The Balaban J connectivity index is 2.73. The van der Waals surface area contributed by atoms with Crippen molar-refractivity contribution >= 4 is 15.5 Å². The van der Waals surface area contributed by atoms with Gasteiger partial charge in [0, 0.05) is 13.7 Å². The normalized spacial score (nSPS) is 12.4. The summed E-state index contributed by atoms with van der Waals surface area (Å²) in [5.41, 5.74) is -5.44. The van der Waals surface area contributed by atoms with E-state index in [1.165, 1.54) is 25.3 Å². The van der Waals surface area contributed by atoms with Gasteiger partial charge in [0.15, 0.2) is 0 Å². The highest BCUT2D eigenvalue weighted by Gasteiger charge is 2.47. The SMILES string of the molecule is COCCOCCNc1ccccc1S(=O)(=O)C(F)(F)F. The molecule has 0 bridgehead atoms. The van der Waals surface area contributed by atoms with Crippen LogP contribution < -0.4 is 5.32 Å². The highest BCUT2D eigenvalue weighted by atomic mass is 32.2. The maximum atomic E-state index is 12.6. The van der Waals surface area contributed by atoms with Gasteiger partial charge in [-0.25, -0.2) is 8.42 Å². The molecule has 1 aromatic carbocycles. The molecule has 0 aliphatic heterocycles. The molecule has 5 nitrogen and oxygen atoms in total. The lowest BCUT2D eigenvalue weighted by atomic mass is 10.3. The molecule has 0 aliphatic rings. The van der Waals surface area contributed by atoms with Crippen LogP contribution in [0.5, 0.6) is 0 Å². The lowest BCUT2D eigenvalue weighted by Gasteiger charge is -2.14. The van der Waals surface area contributed by atoms with Crippen LogP contribution in [0.3, 0.4) is 0 Å².